The van der Waals surface area contributed by atoms with Crippen LogP contribution in [0, 0.1) is 11.3 Å². The van der Waals surface area contributed by atoms with Gasteiger partial charge < -0.3 is 9.15 Å². The second-order valence-corrected chi connectivity index (χ2v) is 3.01. The van der Waals surface area contributed by atoms with Crippen LogP contribution in [-0.2, 0) is 0 Å². The monoisotopic (exact) mass is 199 g/mol. The van der Waals surface area contributed by atoms with Crippen LogP contribution in [0.15, 0.2) is 40.8 Å². The standard InChI is InChI=1S/C12H9NO2/c1-14-10-4-2-3-9(7-10)12-6-5-11(8-13)15-12/h2-7H,1H3. The minimum absolute atomic E-state index is 0.313. The number of furan rings is 1. The molecule has 0 bridgehead atoms. The smallest absolute Gasteiger partial charge is 0.204 e. The number of hydrogen-bond acceptors (Lipinski definition) is 3. The van der Waals surface area contributed by atoms with Crippen LogP contribution in [0.4, 0.5) is 0 Å². The van der Waals surface area contributed by atoms with Crippen molar-refractivity contribution >= 4 is 0 Å². The van der Waals surface area contributed by atoms with E-state index in [-0.39, 0.29) is 0 Å². The number of ether oxygens (including phenoxy) is 1. The Labute approximate surface area is 87.5 Å². The normalized spacial score (nSPS) is 9.60. The Bertz CT molecular complexity index is 508. The lowest BCUT2D eigenvalue weighted by atomic mass is 10.2. The third kappa shape index (κ3) is 1.84. The van der Waals surface area contributed by atoms with E-state index in [4.69, 9.17) is 14.4 Å². The summed E-state index contributed by atoms with van der Waals surface area (Å²) in [5, 5.41) is 8.63. The predicted octanol–water partition coefficient (Wildman–Crippen LogP) is 2.83. The molecule has 1 aromatic carbocycles. The van der Waals surface area contributed by atoms with Gasteiger partial charge >= 0.3 is 0 Å². The molecule has 0 amide bonds. The molecule has 0 N–H and O–H groups in total. The molecular formula is C12H9NO2. The number of rotatable bonds is 2. The Morgan fingerprint density at radius 3 is 2.80 bits per heavy atom. The summed E-state index contributed by atoms with van der Waals surface area (Å²) in [6.45, 7) is 0. The van der Waals surface area contributed by atoms with Gasteiger partial charge in [0.25, 0.3) is 0 Å². The van der Waals surface area contributed by atoms with Gasteiger partial charge in [-0.25, -0.2) is 0 Å². The van der Waals surface area contributed by atoms with Gasteiger partial charge in [-0.1, -0.05) is 12.1 Å². The van der Waals surface area contributed by atoms with Crippen LogP contribution < -0.4 is 4.74 Å². The number of nitrogens with zero attached hydrogens (tertiary/aromatic N) is 1. The molecule has 0 unspecified atom stereocenters. The molecule has 0 saturated carbocycles. The molecule has 0 aliphatic rings. The Hall–Kier alpha value is -2.21. The highest BCUT2D eigenvalue weighted by atomic mass is 16.5. The summed E-state index contributed by atoms with van der Waals surface area (Å²) in [6.07, 6.45) is 0. The van der Waals surface area contributed by atoms with E-state index in [1.807, 2.05) is 30.3 Å². The molecule has 0 aliphatic carbocycles. The summed E-state index contributed by atoms with van der Waals surface area (Å²) < 4.78 is 10.4. The van der Waals surface area contributed by atoms with Crippen molar-refractivity contribution in [3.8, 4) is 23.1 Å². The summed E-state index contributed by atoms with van der Waals surface area (Å²) in [6, 6.07) is 12.9. The van der Waals surface area contributed by atoms with Gasteiger partial charge in [-0.15, -0.1) is 0 Å². The van der Waals surface area contributed by atoms with E-state index < -0.39 is 0 Å². The van der Waals surface area contributed by atoms with E-state index in [0.29, 0.717) is 11.5 Å². The second kappa shape index (κ2) is 3.89. The fourth-order valence-corrected chi connectivity index (χ4v) is 1.33. The van der Waals surface area contributed by atoms with Crippen LogP contribution in [-0.4, -0.2) is 7.11 Å². The molecule has 0 fully saturated rings. The molecule has 1 heterocycles. The molecule has 0 spiro atoms. The summed E-state index contributed by atoms with van der Waals surface area (Å²) in [4.78, 5) is 0. The predicted molar refractivity (Wildman–Crippen MR) is 55.4 cm³/mol. The highest BCUT2D eigenvalue weighted by Gasteiger charge is 2.04. The second-order valence-electron chi connectivity index (χ2n) is 3.01. The molecule has 15 heavy (non-hydrogen) atoms. The van der Waals surface area contributed by atoms with E-state index in [1.54, 1.807) is 19.2 Å². The number of hydrogen-bond donors (Lipinski definition) is 0. The maximum Gasteiger partial charge on any atom is 0.204 e. The molecule has 3 nitrogen and oxygen atoms in total. The minimum atomic E-state index is 0.313. The maximum atomic E-state index is 8.63. The maximum absolute atomic E-state index is 8.63. The lowest BCUT2D eigenvalue weighted by molar-refractivity contribution is 0.415. The van der Waals surface area contributed by atoms with Gasteiger partial charge in [0, 0.05) is 5.56 Å². The van der Waals surface area contributed by atoms with E-state index >= 15 is 0 Å². The Morgan fingerprint density at radius 2 is 2.13 bits per heavy atom. The number of benzene rings is 1. The first-order valence-electron chi connectivity index (χ1n) is 4.48. The van der Waals surface area contributed by atoms with Crippen molar-refractivity contribution in [1.82, 2.24) is 0 Å². The van der Waals surface area contributed by atoms with Crippen molar-refractivity contribution in [1.29, 1.82) is 5.26 Å². The van der Waals surface area contributed by atoms with Gasteiger partial charge in [-0.05, 0) is 24.3 Å². The van der Waals surface area contributed by atoms with Crippen molar-refractivity contribution in [2.75, 3.05) is 7.11 Å². The van der Waals surface area contributed by atoms with E-state index in [0.717, 1.165) is 11.3 Å². The summed E-state index contributed by atoms with van der Waals surface area (Å²) >= 11 is 0. The fraction of sp³-hybridized carbons (Fsp3) is 0.0833. The van der Waals surface area contributed by atoms with Crippen molar-refractivity contribution in [3.05, 3.63) is 42.2 Å². The third-order valence-electron chi connectivity index (χ3n) is 2.07. The van der Waals surface area contributed by atoms with Crippen molar-refractivity contribution in [2.24, 2.45) is 0 Å². The Morgan fingerprint density at radius 1 is 1.27 bits per heavy atom. The average molecular weight is 199 g/mol. The molecule has 0 saturated heterocycles. The first-order chi connectivity index (χ1) is 7.33. The molecule has 0 aliphatic heterocycles. The highest BCUT2D eigenvalue weighted by molar-refractivity contribution is 5.60. The largest absolute Gasteiger partial charge is 0.497 e. The van der Waals surface area contributed by atoms with Crippen molar-refractivity contribution < 1.29 is 9.15 Å². The number of nitriles is 1. The molecule has 1 aromatic heterocycles. The fourth-order valence-electron chi connectivity index (χ4n) is 1.33. The zero-order valence-electron chi connectivity index (χ0n) is 8.23. The molecular weight excluding hydrogens is 190 g/mol. The van der Waals surface area contributed by atoms with Gasteiger partial charge in [0.2, 0.25) is 5.76 Å². The summed E-state index contributed by atoms with van der Waals surface area (Å²) in [7, 11) is 1.61. The van der Waals surface area contributed by atoms with Crippen molar-refractivity contribution in [2.45, 2.75) is 0 Å². The Kier molecular flexibility index (Phi) is 2.42. The lowest BCUT2D eigenvalue weighted by Crippen LogP contribution is -1.82. The van der Waals surface area contributed by atoms with Crippen molar-refractivity contribution in [3.63, 3.8) is 0 Å². The topological polar surface area (TPSA) is 46.2 Å². The van der Waals surface area contributed by atoms with Crippen LogP contribution in [0.1, 0.15) is 5.76 Å². The zero-order chi connectivity index (χ0) is 10.7. The van der Waals surface area contributed by atoms with Gasteiger partial charge in [0.05, 0.1) is 7.11 Å². The third-order valence-corrected chi connectivity index (χ3v) is 2.07. The summed E-state index contributed by atoms with van der Waals surface area (Å²) in [5.74, 6) is 1.75. The molecule has 2 aromatic rings. The number of methoxy groups -OCH3 is 1. The van der Waals surface area contributed by atoms with Crippen LogP contribution in [0.25, 0.3) is 11.3 Å². The van der Waals surface area contributed by atoms with Gasteiger partial charge in [-0.3, -0.25) is 0 Å². The van der Waals surface area contributed by atoms with E-state index in [1.165, 1.54) is 0 Å². The zero-order valence-corrected chi connectivity index (χ0v) is 8.23. The van der Waals surface area contributed by atoms with Crippen LogP contribution in [0.5, 0.6) is 5.75 Å². The van der Waals surface area contributed by atoms with Crippen LogP contribution >= 0.6 is 0 Å². The highest BCUT2D eigenvalue weighted by Crippen LogP contribution is 2.25. The lowest BCUT2D eigenvalue weighted by Gasteiger charge is -2.01. The molecule has 0 atom stereocenters. The van der Waals surface area contributed by atoms with E-state index in [2.05, 4.69) is 0 Å². The molecule has 0 radical (unpaired) electrons. The first kappa shape index (κ1) is 9.35. The Balaban J connectivity index is 2.41. The molecule has 74 valence electrons. The minimum Gasteiger partial charge on any atom is -0.497 e. The quantitative estimate of drug-likeness (QED) is 0.747. The first-order valence-corrected chi connectivity index (χ1v) is 4.48. The molecule has 2 rings (SSSR count). The van der Waals surface area contributed by atoms with Crippen LogP contribution in [0.3, 0.4) is 0 Å². The van der Waals surface area contributed by atoms with E-state index in [9.17, 15) is 0 Å². The average Bonchev–Trinajstić information content (AvgIpc) is 2.78. The van der Waals surface area contributed by atoms with Crippen LogP contribution in [0.2, 0.25) is 0 Å². The van der Waals surface area contributed by atoms with Gasteiger partial charge in [-0.2, -0.15) is 5.26 Å². The summed E-state index contributed by atoms with van der Waals surface area (Å²) in [5.41, 5.74) is 0.899. The van der Waals surface area contributed by atoms with Gasteiger partial charge in [0.1, 0.15) is 17.6 Å². The SMILES string of the molecule is COc1cccc(-c2ccc(C#N)o2)c1. The van der Waals surface area contributed by atoms with Gasteiger partial charge in [0.15, 0.2) is 0 Å². The molecule has 3 heteroatoms.